The van der Waals surface area contributed by atoms with Gasteiger partial charge >= 0.3 is 6.36 Å². The number of imidazole rings is 1. The van der Waals surface area contributed by atoms with Gasteiger partial charge in [0.15, 0.2) is 0 Å². The number of aromatic nitrogens is 2. The highest BCUT2D eigenvalue weighted by molar-refractivity contribution is 6.30. The molecule has 25 heavy (non-hydrogen) atoms. The lowest BCUT2D eigenvalue weighted by Gasteiger charge is -2.10. The molecule has 4 nitrogen and oxygen atoms in total. The quantitative estimate of drug-likeness (QED) is 0.632. The fourth-order valence-corrected chi connectivity index (χ4v) is 2.60. The molecule has 0 aliphatic carbocycles. The van der Waals surface area contributed by atoms with E-state index < -0.39 is 6.36 Å². The summed E-state index contributed by atoms with van der Waals surface area (Å²) in [4.78, 5) is 4.52. The number of nitrogens with zero attached hydrogens (tertiary/aromatic N) is 2. The molecule has 2 aromatic heterocycles. The standard InChI is InChI=1S/C17H14ClF3N2O2/c1-2-14-15(23-9-11(18)3-8-16(23)22-14)10-24-12-4-6-13(7-5-12)25-17(19,20)21/h3-9H,2,10H2,1H3. The van der Waals surface area contributed by atoms with E-state index in [2.05, 4.69) is 9.72 Å². The summed E-state index contributed by atoms with van der Waals surface area (Å²) >= 11 is 6.04. The molecule has 0 amide bonds. The molecule has 2 heterocycles. The molecule has 0 aliphatic rings. The SMILES string of the molecule is CCc1nc2ccc(Cl)cn2c1COc1ccc(OC(F)(F)F)cc1. The molecule has 0 N–H and O–H groups in total. The van der Waals surface area contributed by atoms with Gasteiger partial charge < -0.3 is 9.47 Å². The van der Waals surface area contributed by atoms with Crippen LogP contribution in [0.15, 0.2) is 42.6 Å². The van der Waals surface area contributed by atoms with E-state index >= 15 is 0 Å². The van der Waals surface area contributed by atoms with Gasteiger partial charge in [-0.1, -0.05) is 18.5 Å². The molecule has 3 rings (SSSR count). The van der Waals surface area contributed by atoms with Gasteiger partial charge in [-0.05, 0) is 42.8 Å². The van der Waals surface area contributed by atoms with Gasteiger partial charge in [0.1, 0.15) is 23.8 Å². The van der Waals surface area contributed by atoms with E-state index in [1.807, 2.05) is 17.4 Å². The molecule has 0 saturated heterocycles. The molecular weight excluding hydrogens is 357 g/mol. The smallest absolute Gasteiger partial charge is 0.487 e. The fourth-order valence-electron chi connectivity index (χ4n) is 2.44. The largest absolute Gasteiger partial charge is 0.573 e. The van der Waals surface area contributed by atoms with Gasteiger partial charge in [-0.15, -0.1) is 13.2 Å². The predicted molar refractivity (Wildman–Crippen MR) is 87.0 cm³/mol. The maximum atomic E-state index is 12.2. The molecular formula is C17H14ClF3N2O2. The summed E-state index contributed by atoms with van der Waals surface area (Å²) in [7, 11) is 0. The van der Waals surface area contributed by atoms with E-state index in [0.717, 1.165) is 23.5 Å². The van der Waals surface area contributed by atoms with E-state index in [9.17, 15) is 13.2 Å². The average Bonchev–Trinajstić information content (AvgIpc) is 2.90. The highest BCUT2D eigenvalue weighted by atomic mass is 35.5. The first kappa shape index (κ1) is 17.4. The Labute approximate surface area is 146 Å². The normalized spacial score (nSPS) is 11.7. The van der Waals surface area contributed by atoms with Crippen molar-refractivity contribution >= 4 is 17.2 Å². The van der Waals surface area contributed by atoms with Crippen LogP contribution in [0.2, 0.25) is 5.02 Å². The monoisotopic (exact) mass is 370 g/mol. The second-order valence-corrected chi connectivity index (χ2v) is 5.68. The van der Waals surface area contributed by atoms with Crippen molar-refractivity contribution in [2.24, 2.45) is 0 Å². The third kappa shape index (κ3) is 4.17. The Morgan fingerprint density at radius 2 is 1.76 bits per heavy atom. The number of hydrogen-bond acceptors (Lipinski definition) is 3. The number of hydrogen-bond donors (Lipinski definition) is 0. The Hall–Kier alpha value is -2.41. The van der Waals surface area contributed by atoms with Gasteiger partial charge in [0.05, 0.1) is 16.4 Å². The third-order valence-electron chi connectivity index (χ3n) is 3.53. The minimum atomic E-state index is -4.71. The van der Waals surface area contributed by atoms with E-state index in [0.29, 0.717) is 10.8 Å². The Morgan fingerprint density at radius 1 is 1.08 bits per heavy atom. The van der Waals surface area contributed by atoms with E-state index in [4.69, 9.17) is 16.3 Å². The maximum Gasteiger partial charge on any atom is 0.573 e. The van der Waals surface area contributed by atoms with Crippen molar-refractivity contribution in [2.75, 3.05) is 0 Å². The van der Waals surface area contributed by atoms with Crippen molar-refractivity contribution < 1.29 is 22.6 Å². The number of pyridine rings is 1. The first-order chi connectivity index (χ1) is 11.9. The molecule has 0 atom stereocenters. The van der Waals surface area contributed by atoms with E-state index in [1.54, 1.807) is 12.3 Å². The van der Waals surface area contributed by atoms with Crippen LogP contribution in [-0.4, -0.2) is 15.7 Å². The number of ether oxygens (including phenoxy) is 2. The van der Waals surface area contributed by atoms with Crippen molar-refractivity contribution in [1.29, 1.82) is 0 Å². The van der Waals surface area contributed by atoms with Crippen LogP contribution in [0, 0.1) is 0 Å². The molecule has 1 aromatic carbocycles. The van der Waals surface area contributed by atoms with Crippen molar-refractivity contribution in [3.8, 4) is 11.5 Å². The zero-order chi connectivity index (χ0) is 18.0. The molecule has 3 aromatic rings. The molecule has 0 fully saturated rings. The summed E-state index contributed by atoms with van der Waals surface area (Å²) in [5.41, 5.74) is 2.48. The molecule has 0 unspecified atom stereocenters. The van der Waals surface area contributed by atoms with E-state index in [-0.39, 0.29) is 12.4 Å². The lowest BCUT2D eigenvalue weighted by molar-refractivity contribution is -0.274. The first-order valence-electron chi connectivity index (χ1n) is 7.49. The number of halogens is 4. The Balaban J connectivity index is 1.77. The van der Waals surface area contributed by atoms with E-state index in [1.165, 1.54) is 24.3 Å². The molecule has 8 heteroatoms. The van der Waals surface area contributed by atoms with Crippen LogP contribution in [0.4, 0.5) is 13.2 Å². The Kier molecular flexibility index (Phi) is 4.76. The minimum Gasteiger partial charge on any atom is -0.487 e. The molecule has 0 radical (unpaired) electrons. The van der Waals surface area contributed by atoms with Gasteiger partial charge in [-0.3, -0.25) is 4.40 Å². The minimum absolute atomic E-state index is 0.212. The summed E-state index contributed by atoms with van der Waals surface area (Å²) in [6, 6.07) is 8.82. The molecule has 0 spiro atoms. The van der Waals surface area contributed by atoms with Gasteiger partial charge in [0, 0.05) is 6.20 Å². The number of alkyl halides is 3. The van der Waals surface area contributed by atoms with Crippen LogP contribution in [0.1, 0.15) is 18.3 Å². The summed E-state index contributed by atoms with van der Waals surface area (Å²) in [6.45, 7) is 2.19. The van der Waals surface area contributed by atoms with Gasteiger partial charge in [-0.25, -0.2) is 4.98 Å². The summed E-state index contributed by atoms with van der Waals surface area (Å²) in [5, 5.41) is 0.572. The van der Waals surface area contributed by atoms with Crippen molar-refractivity contribution in [3.63, 3.8) is 0 Å². The van der Waals surface area contributed by atoms with Crippen LogP contribution in [0.5, 0.6) is 11.5 Å². The van der Waals surface area contributed by atoms with Gasteiger partial charge in [0.25, 0.3) is 0 Å². The highest BCUT2D eigenvalue weighted by Crippen LogP contribution is 2.25. The van der Waals surface area contributed by atoms with Crippen molar-refractivity contribution in [3.05, 3.63) is 59.0 Å². The Bertz CT molecular complexity index is 876. The second kappa shape index (κ2) is 6.84. The van der Waals surface area contributed by atoms with Crippen molar-refractivity contribution in [1.82, 2.24) is 9.38 Å². The number of fused-ring (bicyclic) bond motifs is 1. The molecule has 0 saturated carbocycles. The topological polar surface area (TPSA) is 35.8 Å². The summed E-state index contributed by atoms with van der Waals surface area (Å²) in [5.74, 6) is 0.129. The molecule has 0 aliphatic heterocycles. The molecule has 0 bridgehead atoms. The highest BCUT2D eigenvalue weighted by Gasteiger charge is 2.30. The van der Waals surface area contributed by atoms with Gasteiger partial charge in [0.2, 0.25) is 0 Å². The first-order valence-corrected chi connectivity index (χ1v) is 7.87. The molecule has 132 valence electrons. The fraction of sp³-hybridized carbons (Fsp3) is 0.235. The zero-order valence-corrected chi connectivity index (χ0v) is 13.9. The predicted octanol–water partition coefficient (Wildman–Crippen LogP) is 5.03. The number of aryl methyl sites for hydroxylation is 1. The zero-order valence-electron chi connectivity index (χ0n) is 13.2. The van der Waals surface area contributed by atoms with Crippen LogP contribution in [-0.2, 0) is 13.0 Å². The van der Waals surface area contributed by atoms with Crippen LogP contribution < -0.4 is 9.47 Å². The number of rotatable bonds is 5. The second-order valence-electron chi connectivity index (χ2n) is 5.24. The van der Waals surface area contributed by atoms with Crippen molar-refractivity contribution in [2.45, 2.75) is 26.3 Å². The Morgan fingerprint density at radius 3 is 2.40 bits per heavy atom. The van der Waals surface area contributed by atoms with Crippen LogP contribution >= 0.6 is 11.6 Å². The summed E-state index contributed by atoms with van der Waals surface area (Å²) in [6.07, 6.45) is -2.24. The van der Waals surface area contributed by atoms with Crippen LogP contribution in [0.25, 0.3) is 5.65 Å². The third-order valence-corrected chi connectivity index (χ3v) is 3.76. The number of benzene rings is 1. The lowest BCUT2D eigenvalue weighted by atomic mass is 10.2. The average molecular weight is 371 g/mol. The maximum absolute atomic E-state index is 12.2. The lowest BCUT2D eigenvalue weighted by Crippen LogP contribution is -2.16. The van der Waals surface area contributed by atoms with Crippen LogP contribution in [0.3, 0.4) is 0 Å². The van der Waals surface area contributed by atoms with Gasteiger partial charge in [-0.2, -0.15) is 0 Å². The summed E-state index contributed by atoms with van der Waals surface area (Å²) < 4.78 is 47.9.